The molecule has 0 rings (SSSR count). The smallest absolute Gasteiger partial charge is 0.0555 e. The summed E-state index contributed by atoms with van der Waals surface area (Å²) in [7, 11) is 0. The molecule has 0 unspecified atom stereocenters. The minimum Gasteiger partial charge on any atom is -0.336 e. The topological polar surface area (TPSA) is 12.0 Å². The molecule has 0 spiro atoms. The van der Waals surface area contributed by atoms with E-state index < -0.39 is 0 Å². The van der Waals surface area contributed by atoms with E-state index in [4.69, 9.17) is 0 Å². The SMILES string of the molecule is C=CNI. The van der Waals surface area contributed by atoms with E-state index in [1.54, 1.807) is 6.20 Å². The fourth-order valence-corrected chi connectivity index (χ4v) is 0. The first-order valence-corrected chi connectivity index (χ1v) is 1.96. The number of hydrogen-bond donors (Lipinski definition) is 1. The normalized spacial score (nSPS) is 5.25. The number of halogens is 1. The fraction of sp³-hybridized carbons (Fsp3) is 0. The third kappa shape index (κ3) is 2.27. The van der Waals surface area contributed by atoms with Crippen LogP contribution < -0.4 is 3.53 Å². The van der Waals surface area contributed by atoms with Crippen LogP contribution in [0.3, 0.4) is 0 Å². The summed E-state index contributed by atoms with van der Waals surface area (Å²) in [6, 6.07) is 0. The molecule has 0 fully saturated rings. The monoisotopic (exact) mass is 169 g/mol. The maximum absolute atomic E-state index is 3.36. The number of rotatable bonds is 1. The second-order valence-corrected chi connectivity index (χ2v) is 0.936. The first kappa shape index (κ1) is 4.27. The molecule has 0 aliphatic heterocycles. The van der Waals surface area contributed by atoms with Crippen LogP contribution in [0.25, 0.3) is 0 Å². The molecule has 0 atom stereocenters. The zero-order valence-electron chi connectivity index (χ0n) is 2.16. The summed E-state index contributed by atoms with van der Waals surface area (Å²) < 4.78 is 2.66. The highest BCUT2D eigenvalue weighted by atomic mass is 127. The summed E-state index contributed by atoms with van der Waals surface area (Å²) in [4.78, 5) is 0. The summed E-state index contributed by atoms with van der Waals surface area (Å²) in [5.74, 6) is 0. The molecule has 0 heterocycles. The quantitative estimate of drug-likeness (QED) is 0.457. The lowest BCUT2D eigenvalue weighted by Gasteiger charge is -1.66. The summed E-state index contributed by atoms with van der Waals surface area (Å²) in [6.07, 6.45) is 1.61. The summed E-state index contributed by atoms with van der Waals surface area (Å²) in [6.45, 7) is 3.36. The van der Waals surface area contributed by atoms with Crippen LogP contribution >= 0.6 is 22.9 Å². The Balaban J connectivity index is 2.30. The average molecular weight is 169 g/mol. The zero-order chi connectivity index (χ0) is 3.41. The Kier molecular flexibility index (Phi) is 3.49. The van der Waals surface area contributed by atoms with Crippen LogP contribution in [0.5, 0.6) is 0 Å². The van der Waals surface area contributed by atoms with E-state index in [2.05, 4.69) is 10.1 Å². The molecule has 1 N–H and O–H groups in total. The molecule has 1 nitrogen and oxygen atoms in total. The van der Waals surface area contributed by atoms with E-state index in [0.717, 1.165) is 0 Å². The van der Waals surface area contributed by atoms with Gasteiger partial charge in [0.05, 0.1) is 22.9 Å². The van der Waals surface area contributed by atoms with Gasteiger partial charge in [0.25, 0.3) is 0 Å². The van der Waals surface area contributed by atoms with Crippen LogP contribution in [0, 0.1) is 0 Å². The van der Waals surface area contributed by atoms with Crippen molar-refractivity contribution in [1.82, 2.24) is 3.53 Å². The van der Waals surface area contributed by atoms with Crippen LogP contribution in [-0.2, 0) is 0 Å². The number of hydrogen-bond acceptors (Lipinski definition) is 1. The van der Waals surface area contributed by atoms with Crippen molar-refractivity contribution in [3.8, 4) is 0 Å². The maximum atomic E-state index is 3.36. The molecule has 0 amide bonds. The Morgan fingerprint density at radius 1 is 2.00 bits per heavy atom. The van der Waals surface area contributed by atoms with Gasteiger partial charge in [0.2, 0.25) is 0 Å². The van der Waals surface area contributed by atoms with Crippen molar-refractivity contribution in [1.29, 1.82) is 0 Å². The molecule has 0 saturated carbocycles. The zero-order valence-corrected chi connectivity index (χ0v) is 4.32. The van der Waals surface area contributed by atoms with Crippen LogP contribution in [0.15, 0.2) is 12.8 Å². The standard InChI is InChI=1S/C2H4IN/c1-2-4-3/h2,4H,1H2. The first-order chi connectivity index (χ1) is 1.91. The van der Waals surface area contributed by atoms with Crippen molar-refractivity contribution >= 4 is 22.9 Å². The van der Waals surface area contributed by atoms with Gasteiger partial charge >= 0.3 is 0 Å². The Morgan fingerprint density at radius 3 is 2.25 bits per heavy atom. The third-order valence-corrected chi connectivity index (χ3v) is 0.518. The van der Waals surface area contributed by atoms with Gasteiger partial charge in [-0.3, -0.25) is 0 Å². The molecule has 0 aliphatic rings. The molecule has 0 aromatic rings. The van der Waals surface area contributed by atoms with E-state index in [1.165, 1.54) is 0 Å². The molecule has 4 heavy (non-hydrogen) atoms. The van der Waals surface area contributed by atoms with Crippen LogP contribution in [0.2, 0.25) is 0 Å². The fourth-order valence-electron chi connectivity index (χ4n) is 0. The lowest BCUT2D eigenvalue weighted by molar-refractivity contribution is 1.52. The van der Waals surface area contributed by atoms with Crippen LogP contribution in [0.4, 0.5) is 0 Å². The predicted molar refractivity (Wildman–Crippen MR) is 27.4 cm³/mol. The van der Waals surface area contributed by atoms with Gasteiger partial charge in [0.15, 0.2) is 0 Å². The minimum atomic E-state index is 1.61. The van der Waals surface area contributed by atoms with Crippen molar-refractivity contribution in [2.24, 2.45) is 0 Å². The van der Waals surface area contributed by atoms with Crippen LogP contribution in [0.1, 0.15) is 0 Å². The highest BCUT2D eigenvalue weighted by Gasteiger charge is 1.38. The van der Waals surface area contributed by atoms with Gasteiger partial charge in [-0.15, -0.1) is 0 Å². The van der Waals surface area contributed by atoms with Gasteiger partial charge in [-0.25, -0.2) is 0 Å². The van der Waals surface area contributed by atoms with Gasteiger partial charge < -0.3 is 3.53 Å². The number of nitrogens with one attached hydrogen (secondary N) is 1. The molecular weight excluding hydrogens is 165 g/mol. The summed E-state index contributed by atoms with van der Waals surface area (Å²) in [5, 5.41) is 0. The van der Waals surface area contributed by atoms with Crippen LogP contribution in [-0.4, -0.2) is 0 Å². The van der Waals surface area contributed by atoms with Crippen molar-refractivity contribution < 1.29 is 0 Å². The second-order valence-electron chi connectivity index (χ2n) is 0.313. The van der Waals surface area contributed by atoms with Crippen molar-refractivity contribution in [3.63, 3.8) is 0 Å². The molecule has 2 heteroatoms. The Morgan fingerprint density at radius 2 is 2.25 bits per heavy atom. The summed E-state index contributed by atoms with van der Waals surface area (Å²) in [5.41, 5.74) is 0. The molecule has 24 valence electrons. The van der Waals surface area contributed by atoms with Gasteiger partial charge in [-0.05, 0) is 6.20 Å². The lowest BCUT2D eigenvalue weighted by atomic mass is 11.1. The molecular formula is C2H4IN. The van der Waals surface area contributed by atoms with Crippen molar-refractivity contribution in [2.75, 3.05) is 0 Å². The van der Waals surface area contributed by atoms with Gasteiger partial charge in [0, 0.05) is 0 Å². The predicted octanol–water partition coefficient (Wildman–Crippen LogP) is 1.07. The van der Waals surface area contributed by atoms with E-state index in [1.807, 2.05) is 22.9 Å². The van der Waals surface area contributed by atoms with E-state index >= 15 is 0 Å². The Labute approximate surface area is 39.6 Å². The first-order valence-electron chi connectivity index (χ1n) is 0.886. The Hall–Kier alpha value is 0.270. The highest BCUT2D eigenvalue weighted by molar-refractivity contribution is 14.1. The minimum absolute atomic E-state index is 1.61. The van der Waals surface area contributed by atoms with E-state index in [9.17, 15) is 0 Å². The molecule has 0 bridgehead atoms. The highest BCUT2D eigenvalue weighted by Crippen LogP contribution is 1.60. The van der Waals surface area contributed by atoms with Gasteiger partial charge in [-0.2, -0.15) is 0 Å². The van der Waals surface area contributed by atoms with Gasteiger partial charge in [-0.1, -0.05) is 6.58 Å². The molecule has 0 aromatic carbocycles. The van der Waals surface area contributed by atoms with E-state index in [-0.39, 0.29) is 0 Å². The molecule has 0 aromatic heterocycles. The molecule has 0 radical (unpaired) electrons. The average Bonchev–Trinajstić information content (AvgIpc) is 1.37. The third-order valence-electron chi connectivity index (χ3n) is 0.0772. The molecule has 0 saturated heterocycles. The summed E-state index contributed by atoms with van der Waals surface area (Å²) >= 11 is 1.98. The second kappa shape index (κ2) is 3.27. The lowest BCUT2D eigenvalue weighted by Crippen LogP contribution is -1.72. The molecule has 0 aliphatic carbocycles. The Bertz CT molecular complexity index is 20.0. The maximum Gasteiger partial charge on any atom is 0.0555 e. The van der Waals surface area contributed by atoms with E-state index in [0.29, 0.717) is 0 Å². The van der Waals surface area contributed by atoms with Crippen molar-refractivity contribution in [2.45, 2.75) is 0 Å². The largest absolute Gasteiger partial charge is 0.336 e. The van der Waals surface area contributed by atoms with Gasteiger partial charge in [0.1, 0.15) is 0 Å². The van der Waals surface area contributed by atoms with Crippen molar-refractivity contribution in [3.05, 3.63) is 12.8 Å².